The van der Waals surface area contributed by atoms with Crippen molar-refractivity contribution in [2.24, 2.45) is 0 Å². The topological polar surface area (TPSA) is 12.0 Å². The summed E-state index contributed by atoms with van der Waals surface area (Å²) in [5.74, 6) is 0. The van der Waals surface area contributed by atoms with E-state index < -0.39 is 0 Å². The van der Waals surface area contributed by atoms with E-state index in [1.165, 1.54) is 11.1 Å². The van der Waals surface area contributed by atoms with Crippen LogP contribution in [0.4, 0.5) is 0 Å². The van der Waals surface area contributed by atoms with Crippen LogP contribution in [0.1, 0.15) is 16.7 Å². The van der Waals surface area contributed by atoms with E-state index in [4.69, 9.17) is 23.2 Å². The molecule has 2 aromatic rings. The van der Waals surface area contributed by atoms with Crippen molar-refractivity contribution in [3.05, 3.63) is 69.2 Å². The lowest BCUT2D eigenvalue weighted by Gasteiger charge is -2.08. The van der Waals surface area contributed by atoms with E-state index in [-0.39, 0.29) is 0 Å². The summed E-state index contributed by atoms with van der Waals surface area (Å²) >= 11 is 12.0. The largest absolute Gasteiger partial charge is 0.312 e. The molecule has 0 bridgehead atoms. The lowest BCUT2D eigenvalue weighted by atomic mass is 10.1. The van der Waals surface area contributed by atoms with Crippen molar-refractivity contribution >= 4 is 23.2 Å². The monoisotopic (exact) mass is 293 g/mol. The van der Waals surface area contributed by atoms with Crippen LogP contribution in [-0.4, -0.2) is 6.54 Å². The van der Waals surface area contributed by atoms with Gasteiger partial charge in [0.05, 0.1) is 0 Å². The van der Waals surface area contributed by atoms with Gasteiger partial charge < -0.3 is 5.32 Å². The lowest BCUT2D eigenvalue weighted by Crippen LogP contribution is -2.17. The molecule has 1 nitrogen and oxygen atoms in total. The fourth-order valence-electron chi connectivity index (χ4n) is 1.98. The quantitative estimate of drug-likeness (QED) is 0.792. The van der Waals surface area contributed by atoms with Crippen LogP contribution >= 0.6 is 23.2 Å². The summed E-state index contributed by atoms with van der Waals surface area (Å²) < 4.78 is 0. The van der Waals surface area contributed by atoms with Crippen molar-refractivity contribution in [1.82, 2.24) is 5.32 Å². The molecular weight excluding hydrogens is 277 g/mol. The summed E-state index contributed by atoms with van der Waals surface area (Å²) in [6, 6.07) is 14.1. The molecule has 0 spiro atoms. The lowest BCUT2D eigenvalue weighted by molar-refractivity contribution is 0.684. The average Bonchev–Trinajstić information content (AvgIpc) is 2.38. The van der Waals surface area contributed by atoms with Gasteiger partial charge in [-0.2, -0.15) is 0 Å². The van der Waals surface area contributed by atoms with E-state index in [9.17, 15) is 0 Å². The van der Waals surface area contributed by atoms with Gasteiger partial charge in [-0.1, -0.05) is 53.5 Å². The zero-order valence-corrected chi connectivity index (χ0v) is 12.4. The van der Waals surface area contributed by atoms with E-state index in [0.717, 1.165) is 30.1 Å². The maximum atomic E-state index is 6.14. The van der Waals surface area contributed by atoms with Gasteiger partial charge in [-0.25, -0.2) is 0 Å². The van der Waals surface area contributed by atoms with Crippen LogP contribution in [0.3, 0.4) is 0 Å². The van der Waals surface area contributed by atoms with Gasteiger partial charge in [0.2, 0.25) is 0 Å². The van der Waals surface area contributed by atoms with Crippen molar-refractivity contribution in [3.63, 3.8) is 0 Å². The molecule has 0 saturated heterocycles. The molecule has 2 aromatic carbocycles. The number of hydrogen-bond donors (Lipinski definition) is 1. The smallest absolute Gasteiger partial charge is 0.0453 e. The molecule has 100 valence electrons. The predicted molar refractivity (Wildman–Crippen MR) is 83.1 cm³/mol. The molecule has 0 amide bonds. The maximum Gasteiger partial charge on any atom is 0.0453 e. The second-order valence-corrected chi connectivity index (χ2v) is 5.43. The Labute approximate surface area is 124 Å². The number of aryl methyl sites for hydroxylation is 1. The van der Waals surface area contributed by atoms with Gasteiger partial charge in [0, 0.05) is 16.6 Å². The van der Waals surface area contributed by atoms with Crippen LogP contribution in [0.25, 0.3) is 0 Å². The van der Waals surface area contributed by atoms with Gasteiger partial charge in [0.25, 0.3) is 0 Å². The first kappa shape index (κ1) is 14.4. The van der Waals surface area contributed by atoms with E-state index in [1.807, 2.05) is 12.1 Å². The fourth-order valence-corrected chi connectivity index (χ4v) is 2.48. The number of hydrogen-bond acceptors (Lipinski definition) is 1. The number of benzene rings is 2. The minimum atomic E-state index is 0.682. The molecule has 0 radical (unpaired) electrons. The fraction of sp³-hybridized carbons (Fsp3) is 0.250. The SMILES string of the molecule is Cc1ccccc1CNCCc1ccc(Cl)cc1Cl. The van der Waals surface area contributed by atoms with Crippen LogP contribution in [-0.2, 0) is 13.0 Å². The second kappa shape index (κ2) is 6.95. The zero-order valence-electron chi connectivity index (χ0n) is 10.9. The van der Waals surface area contributed by atoms with Crippen LogP contribution < -0.4 is 5.32 Å². The van der Waals surface area contributed by atoms with Crippen LogP contribution in [0.5, 0.6) is 0 Å². The van der Waals surface area contributed by atoms with Crippen molar-refractivity contribution in [2.75, 3.05) is 6.54 Å². The number of nitrogens with one attached hydrogen (secondary N) is 1. The first-order chi connectivity index (χ1) is 9.16. The van der Waals surface area contributed by atoms with Crippen LogP contribution in [0, 0.1) is 6.92 Å². The van der Waals surface area contributed by atoms with Crippen LogP contribution in [0.2, 0.25) is 10.0 Å². The molecule has 0 saturated carbocycles. The molecule has 0 aliphatic carbocycles. The Kier molecular flexibility index (Phi) is 5.26. The van der Waals surface area contributed by atoms with Gasteiger partial charge in [-0.05, 0) is 48.7 Å². The third kappa shape index (κ3) is 4.24. The molecule has 0 fully saturated rings. The van der Waals surface area contributed by atoms with Gasteiger partial charge in [-0.15, -0.1) is 0 Å². The standard InChI is InChI=1S/C16H17Cl2N/c1-12-4-2-3-5-14(12)11-19-9-8-13-6-7-15(17)10-16(13)18/h2-7,10,19H,8-9,11H2,1H3. The Morgan fingerprint density at radius 3 is 2.53 bits per heavy atom. The highest BCUT2D eigenvalue weighted by Crippen LogP contribution is 2.21. The Bertz CT molecular complexity index is 552. The van der Waals surface area contributed by atoms with Crippen molar-refractivity contribution in [1.29, 1.82) is 0 Å². The highest BCUT2D eigenvalue weighted by Gasteiger charge is 2.01. The summed E-state index contributed by atoms with van der Waals surface area (Å²) in [6.07, 6.45) is 0.905. The van der Waals surface area contributed by atoms with Gasteiger partial charge in [0.1, 0.15) is 0 Å². The van der Waals surface area contributed by atoms with E-state index >= 15 is 0 Å². The first-order valence-electron chi connectivity index (χ1n) is 6.36. The third-order valence-corrected chi connectivity index (χ3v) is 3.75. The molecule has 0 aromatic heterocycles. The first-order valence-corrected chi connectivity index (χ1v) is 7.11. The van der Waals surface area contributed by atoms with Gasteiger partial charge in [-0.3, -0.25) is 0 Å². The van der Waals surface area contributed by atoms with Crippen molar-refractivity contribution < 1.29 is 0 Å². The molecule has 0 aliphatic heterocycles. The van der Waals surface area contributed by atoms with Crippen LogP contribution in [0.15, 0.2) is 42.5 Å². The second-order valence-electron chi connectivity index (χ2n) is 4.59. The van der Waals surface area contributed by atoms with E-state index in [2.05, 4.69) is 36.5 Å². The predicted octanol–water partition coefficient (Wildman–Crippen LogP) is 4.63. The van der Waals surface area contributed by atoms with Gasteiger partial charge in [0.15, 0.2) is 0 Å². The van der Waals surface area contributed by atoms with E-state index in [1.54, 1.807) is 6.07 Å². The summed E-state index contributed by atoms with van der Waals surface area (Å²) in [4.78, 5) is 0. The molecule has 0 unspecified atom stereocenters. The highest BCUT2D eigenvalue weighted by atomic mass is 35.5. The Morgan fingerprint density at radius 2 is 1.79 bits per heavy atom. The molecule has 3 heteroatoms. The normalized spacial score (nSPS) is 10.7. The molecule has 2 rings (SSSR count). The third-order valence-electron chi connectivity index (χ3n) is 3.16. The highest BCUT2D eigenvalue weighted by molar-refractivity contribution is 6.35. The number of halogens is 2. The Morgan fingerprint density at radius 1 is 1.00 bits per heavy atom. The van der Waals surface area contributed by atoms with E-state index in [0.29, 0.717) is 5.02 Å². The summed E-state index contributed by atoms with van der Waals surface area (Å²) in [6.45, 7) is 3.92. The number of rotatable bonds is 5. The Balaban J connectivity index is 1.83. The maximum absolute atomic E-state index is 6.14. The van der Waals surface area contributed by atoms with Crippen molar-refractivity contribution in [3.8, 4) is 0 Å². The minimum Gasteiger partial charge on any atom is -0.312 e. The van der Waals surface area contributed by atoms with Crippen molar-refractivity contribution in [2.45, 2.75) is 19.9 Å². The molecule has 0 heterocycles. The Hall–Kier alpha value is -1.02. The average molecular weight is 294 g/mol. The summed E-state index contributed by atoms with van der Waals surface area (Å²) in [5.41, 5.74) is 3.78. The zero-order chi connectivity index (χ0) is 13.7. The van der Waals surface area contributed by atoms with Gasteiger partial charge >= 0.3 is 0 Å². The summed E-state index contributed by atoms with van der Waals surface area (Å²) in [5, 5.41) is 4.86. The molecule has 0 atom stereocenters. The molecule has 1 N–H and O–H groups in total. The minimum absolute atomic E-state index is 0.682. The molecule has 0 aliphatic rings. The molecule has 19 heavy (non-hydrogen) atoms. The molecular formula is C16H17Cl2N. The summed E-state index contributed by atoms with van der Waals surface area (Å²) in [7, 11) is 0.